The van der Waals surface area contributed by atoms with Gasteiger partial charge < -0.3 is 25.8 Å². The summed E-state index contributed by atoms with van der Waals surface area (Å²) in [5.41, 5.74) is 1.08. The van der Waals surface area contributed by atoms with Gasteiger partial charge in [0.15, 0.2) is 41.5 Å². The molecular formula is C12H13N5O6. The second-order valence-corrected chi connectivity index (χ2v) is 5.14. The number of hydrogen-bond donors (Lipinski definition) is 4. The van der Waals surface area contributed by atoms with Gasteiger partial charge in [0.1, 0.15) is 17.9 Å². The molecule has 1 fully saturated rings. The predicted molar refractivity (Wildman–Crippen MR) is 72.8 cm³/mol. The van der Waals surface area contributed by atoms with Gasteiger partial charge in [-0.1, -0.05) is 0 Å². The summed E-state index contributed by atoms with van der Waals surface area (Å²) in [6.45, 7) is -1.01. The van der Waals surface area contributed by atoms with Gasteiger partial charge in [-0.2, -0.15) is 0 Å². The van der Waals surface area contributed by atoms with Gasteiger partial charge in [0.2, 0.25) is 0 Å². The van der Waals surface area contributed by atoms with Crippen LogP contribution in [0.2, 0.25) is 0 Å². The lowest BCUT2D eigenvalue weighted by Crippen LogP contribution is -2.60. The second-order valence-electron chi connectivity index (χ2n) is 5.14. The van der Waals surface area contributed by atoms with E-state index in [9.17, 15) is 24.9 Å². The molecule has 4 atom stereocenters. The number of hydrogen-bond acceptors (Lipinski definition) is 10. The highest BCUT2D eigenvalue weighted by Gasteiger charge is 2.66. The summed E-state index contributed by atoms with van der Waals surface area (Å²) in [7, 11) is 0. The first-order chi connectivity index (χ1) is 10.9. The van der Waals surface area contributed by atoms with Crippen molar-refractivity contribution in [3.63, 3.8) is 0 Å². The molecule has 1 aliphatic rings. The van der Waals surface area contributed by atoms with Crippen LogP contribution in [-0.4, -0.2) is 71.3 Å². The van der Waals surface area contributed by atoms with Crippen molar-refractivity contribution in [2.24, 2.45) is 0 Å². The van der Waals surface area contributed by atoms with Crippen molar-refractivity contribution in [1.29, 1.82) is 0 Å². The van der Waals surface area contributed by atoms with Gasteiger partial charge >= 0.3 is 0 Å². The van der Waals surface area contributed by atoms with Gasteiger partial charge in [-0.3, -0.25) is 14.2 Å². The number of ether oxygens (including phenoxy) is 1. The zero-order valence-corrected chi connectivity index (χ0v) is 11.6. The highest BCUT2D eigenvalue weighted by Crippen LogP contribution is 2.43. The summed E-state index contributed by atoms with van der Waals surface area (Å²) in [4.78, 5) is 34.3. The van der Waals surface area contributed by atoms with E-state index in [2.05, 4.69) is 15.0 Å². The number of fused-ring (bicyclic) bond motifs is 1. The van der Waals surface area contributed by atoms with Gasteiger partial charge in [-0.25, -0.2) is 15.0 Å². The zero-order valence-electron chi connectivity index (χ0n) is 11.6. The molecule has 1 aliphatic heterocycles. The number of rotatable bonds is 4. The van der Waals surface area contributed by atoms with Crippen LogP contribution >= 0.6 is 0 Å². The topological polar surface area (TPSA) is 174 Å². The third kappa shape index (κ3) is 1.81. The molecule has 23 heavy (non-hydrogen) atoms. The van der Waals surface area contributed by atoms with Crippen LogP contribution in [0.15, 0.2) is 12.7 Å². The Labute approximate surface area is 128 Å². The first-order valence-electron chi connectivity index (χ1n) is 6.49. The van der Waals surface area contributed by atoms with Crippen molar-refractivity contribution >= 4 is 29.6 Å². The minimum Gasteiger partial charge on any atom is -0.393 e. The molecule has 2 aromatic rings. The molecule has 11 heteroatoms. The number of nitrogens with zero attached hydrogens (tertiary/aromatic N) is 4. The second kappa shape index (κ2) is 5.03. The fourth-order valence-electron chi connectivity index (χ4n) is 2.60. The summed E-state index contributed by atoms with van der Waals surface area (Å²) in [5, 5.41) is 30.1. The molecule has 0 amide bonds. The number of nitrogens with two attached hydrogens (primary N) is 1. The Hall–Kier alpha value is -2.47. The Morgan fingerprint density at radius 1 is 1.35 bits per heavy atom. The van der Waals surface area contributed by atoms with Crippen LogP contribution in [-0.2, 0) is 14.3 Å². The number of imidazole rings is 1. The van der Waals surface area contributed by atoms with E-state index in [1.54, 1.807) is 0 Å². The number of anilines is 1. The average Bonchev–Trinajstić information content (AvgIpc) is 3.08. The molecule has 122 valence electrons. The predicted octanol–water partition coefficient (Wildman–Crippen LogP) is -2.84. The van der Waals surface area contributed by atoms with Gasteiger partial charge in [0, 0.05) is 0 Å². The molecule has 0 aliphatic carbocycles. The van der Waals surface area contributed by atoms with E-state index in [4.69, 9.17) is 10.5 Å². The number of aliphatic hydroxyl groups is 3. The van der Waals surface area contributed by atoms with Crippen LogP contribution in [0.25, 0.3) is 11.2 Å². The normalized spacial score (nSPS) is 33.9. The van der Waals surface area contributed by atoms with E-state index in [1.165, 1.54) is 10.9 Å². The Kier molecular flexibility index (Phi) is 3.37. The summed E-state index contributed by atoms with van der Waals surface area (Å²) in [6.07, 6.45) is -0.861. The number of carbonyl (C=O) groups excluding carboxylic acids is 2. The van der Waals surface area contributed by atoms with Crippen molar-refractivity contribution in [1.82, 2.24) is 19.5 Å². The van der Waals surface area contributed by atoms with Crippen molar-refractivity contribution in [3.8, 4) is 0 Å². The first-order valence-corrected chi connectivity index (χ1v) is 6.49. The highest BCUT2D eigenvalue weighted by molar-refractivity contribution is 5.82. The molecule has 11 nitrogen and oxygen atoms in total. The molecule has 5 N–H and O–H groups in total. The summed E-state index contributed by atoms with van der Waals surface area (Å²) in [6, 6.07) is 0. The maximum atomic E-state index is 11.3. The number of nitrogen functional groups attached to an aromatic ring is 1. The van der Waals surface area contributed by atoms with Crippen LogP contribution in [0, 0.1) is 0 Å². The molecule has 0 unspecified atom stereocenters. The molecule has 0 aromatic carbocycles. The average molecular weight is 323 g/mol. The van der Waals surface area contributed by atoms with E-state index in [0.717, 1.165) is 6.33 Å². The lowest BCUT2D eigenvalue weighted by Gasteiger charge is -2.30. The van der Waals surface area contributed by atoms with Crippen LogP contribution in [0.1, 0.15) is 6.23 Å². The van der Waals surface area contributed by atoms with Gasteiger partial charge in [0.25, 0.3) is 0 Å². The van der Waals surface area contributed by atoms with Crippen LogP contribution in [0.4, 0.5) is 5.82 Å². The third-order valence-electron chi connectivity index (χ3n) is 4.00. The highest BCUT2D eigenvalue weighted by atomic mass is 16.6. The van der Waals surface area contributed by atoms with Crippen molar-refractivity contribution < 1.29 is 29.6 Å². The largest absolute Gasteiger partial charge is 0.393 e. The first kappa shape index (κ1) is 15.4. The zero-order chi connectivity index (χ0) is 16.8. The molecule has 2 aromatic heterocycles. The standard InChI is InChI=1S/C12H13N5O6/c13-8-6-9(15-4-14-8)17(5-16-6)10-7(21)12(22,3-20)11(1-18,2-19)23-10/h1,3-5,7,10,19,21-22H,2H2,(H2,13,14,15)/t7-,10+,11+,12-/m0/s1. The van der Waals surface area contributed by atoms with Gasteiger partial charge in [-0.15, -0.1) is 0 Å². The number of carbonyl (C=O) groups is 2. The maximum Gasteiger partial charge on any atom is 0.188 e. The Morgan fingerprint density at radius 3 is 2.65 bits per heavy atom. The molecular weight excluding hydrogens is 310 g/mol. The molecule has 3 rings (SSSR count). The monoisotopic (exact) mass is 323 g/mol. The van der Waals surface area contributed by atoms with E-state index in [0.29, 0.717) is 0 Å². The number of aldehydes is 2. The van der Waals surface area contributed by atoms with Crippen molar-refractivity contribution in [2.45, 2.75) is 23.5 Å². The van der Waals surface area contributed by atoms with Gasteiger partial charge in [0.05, 0.1) is 12.9 Å². The lowest BCUT2D eigenvalue weighted by atomic mass is 9.83. The molecule has 0 spiro atoms. The fourth-order valence-corrected chi connectivity index (χ4v) is 2.60. The summed E-state index contributed by atoms with van der Waals surface area (Å²) < 4.78 is 6.52. The van der Waals surface area contributed by atoms with Crippen LogP contribution in [0.5, 0.6) is 0 Å². The molecule has 0 bridgehead atoms. The van der Waals surface area contributed by atoms with Crippen molar-refractivity contribution in [3.05, 3.63) is 12.7 Å². The Balaban J connectivity index is 2.15. The van der Waals surface area contributed by atoms with E-state index in [1.807, 2.05) is 0 Å². The van der Waals surface area contributed by atoms with Gasteiger partial charge in [-0.05, 0) is 0 Å². The van der Waals surface area contributed by atoms with Crippen LogP contribution < -0.4 is 5.73 Å². The molecule has 1 saturated heterocycles. The lowest BCUT2D eigenvalue weighted by molar-refractivity contribution is -0.173. The third-order valence-corrected chi connectivity index (χ3v) is 4.00. The number of aliphatic hydroxyl groups excluding tert-OH is 2. The van der Waals surface area contributed by atoms with Crippen molar-refractivity contribution in [2.75, 3.05) is 12.3 Å². The Bertz CT molecular complexity index is 772. The number of aromatic nitrogens is 4. The minimum atomic E-state index is -2.64. The molecule has 0 saturated carbocycles. The quantitative estimate of drug-likeness (QED) is 0.429. The Morgan fingerprint density at radius 2 is 2.09 bits per heavy atom. The fraction of sp³-hybridized carbons (Fsp3) is 0.417. The molecule has 3 heterocycles. The van der Waals surface area contributed by atoms with E-state index in [-0.39, 0.29) is 29.6 Å². The molecule has 0 radical (unpaired) electrons. The summed E-state index contributed by atoms with van der Waals surface area (Å²) in [5.74, 6) is 0.0793. The smallest absolute Gasteiger partial charge is 0.188 e. The SMILES string of the molecule is Nc1ncnc2c1ncn2[C@@H]1O[C@](C=O)(CO)[C@](O)(C=O)[C@H]1O. The van der Waals surface area contributed by atoms with E-state index >= 15 is 0 Å². The maximum absolute atomic E-state index is 11.3. The summed E-state index contributed by atoms with van der Waals surface area (Å²) >= 11 is 0. The van der Waals surface area contributed by atoms with E-state index < -0.39 is 30.1 Å². The van der Waals surface area contributed by atoms with Crippen LogP contribution in [0.3, 0.4) is 0 Å². The minimum absolute atomic E-state index is 0.0370.